The van der Waals surface area contributed by atoms with Crippen LogP contribution in [0.1, 0.15) is 48.6 Å². The van der Waals surface area contributed by atoms with E-state index in [1.165, 1.54) is 16.7 Å². The Morgan fingerprint density at radius 2 is 2.06 bits per heavy atom. The lowest BCUT2D eigenvalue weighted by Crippen LogP contribution is -2.33. The monoisotopic (exact) mass is 468 g/mol. The number of carbonyl (C=O) groups is 1. The average molecular weight is 469 g/mol. The zero-order chi connectivity index (χ0) is 22.8. The Morgan fingerprint density at radius 3 is 2.69 bits per heavy atom. The fraction of sp³-hybridized carbons (Fsp3) is 0.391. The van der Waals surface area contributed by atoms with Gasteiger partial charge in [-0.3, -0.25) is 19.1 Å². The highest BCUT2D eigenvalue weighted by Gasteiger charge is 2.34. The second-order valence-electron chi connectivity index (χ2n) is 7.85. The van der Waals surface area contributed by atoms with Gasteiger partial charge in [0.2, 0.25) is 0 Å². The van der Waals surface area contributed by atoms with Crippen LogP contribution in [0, 0.1) is 18.3 Å². The zero-order valence-electron chi connectivity index (χ0n) is 18.1. The minimum Gasteiger partial charge on any atom is -0.467 e. The van der Waals surface area contributed by atoms with E-state index in [1.54, 1.807) is 36.0 Å². The fourth-order valence-electron chi connectivity index (χ4n) is 4.17. The number of carbonyl (C=O) groups excluding carboxylic acids is 1. The number of nitrogens with zero attached hydrogens (tertiary/aromatic N) is 4. The van der Waals surface area contributed by atoms with Crippen molar-refractivity contribution in [3.05, 3.63) is 56.1 Å². The molecule has 0 saturated carbocycles. The number of aromatic nitrogens is 1. The number of thiocarbonyl (C=S) groups is 1. The van der Waals surface area contributed by atoms with Crippen LogP contribution in [0.5, 0.6) is 0 Å². The van der Waals surface area contributed by atoms with E-state index in [2.05, 4.69) is 11.0 Å². The molecule has 2 saturated heterocycles. The molecule has 0 radical (unpaired) electrons. The summed E-state index contributed by atoms with van der Waals surface area (Å²) in [5.74, 6) is 1.25. The van der Waals surface area contributed by atoms with Crippen LogP contribution in [0.4, 0.5) is 5.82 Å². The molecule has 9 heteroatoms. The summed E-state index contributed by atoms with van der Waals surface area (Å²) in [6, 6.07) is 5.66. The first-order valence-corrected chi connectivity index (χ1v) is 11.9. The zero-order valence-corrected chi connectivity index (χ0v) is 19.7. The van der Waals surface area contributed by atoms with Crippen LogP contribution in [-0.4, -0.2) is 32.8 Å². The van der Waals surface area contributed by atoms with Crippen molar-refractivity contribution < 1.29 is 9.21 Å². The highest BCUT2D eigenvalue weighted by molar-refractivity contribution is 8.26. The van der Waals surface area contributed by atoms with Gasteiger partial charge < -0.3 is 9.32 Å². The third-order valence-electron chi connectivity index (χ3n) is 5.74. The minimum absolute atomic E-state index is 0.124. The lowest BCUT2D eigenvalue weighted by Gasteiger charge is -2.26. The van der Waals surface area contributed by atoms with Crippen molar-refractivity contribution in [3.8, 4) is 6.07 Å². The molecule has 2 aromatic rings. The summed E-state index contributed by atoms with van der Waals surface area (Å²) in [6.07, 6.45) is 6.22. The summed E-state index contributed by atoms with van der Waals surface area (Å²) >= 11 is 6.69. The first kappa shape index (κ1) is 22.4. The van der Waals surface area contributed by atoms with Crippen LogP contribution in [0.25, 0.3) is 6.08 Å². The maximum absolute atomic E-state index is 13.2. The van der Waals surface area contributed by atoms with Crippen LogP contribution in [0.3, 0.4) is 0 Å². The van der Waals surface area contributed by atoms with Gasteiger partial charge in [-0.15, -0.1) is 0 Å². The van der Waals surface area contributed by atoms with E-state index in [1.807, 2.05) is 6.92 Å². The molecule has 0 aliphatic carbocycles. The molecule has 0 atom stereocenters. The van der Waals surface area contributed by atoms with Gasteiger partial charge in [-0.25, -0.2) is 0 Å². The number of thioether (sulfide) groups is 1. The van der Waals surface area contributed by atoms with Gasteiger partial charge in [0, 0.05) is 25.2 Å². The molecule has 0 N–H and O–H groups in total. The molecule has 2 aliphatic rings. The highest BCUT2D eigenvalue weighted by Crippen LogP contribution is 2.37. The molecule has 0 bridgehead atoms. The number of rotatable bonds is 6. The van der Waals surface area contributed by atoms with Crippen LogP contribution in [0.2, 0.25) is 0 Å². The molecule has 2 aliphatic heterocycles. The average Bonchev–Trinajstić information content (AvgIpc) is 3.52. The molecule has 1 amide bonds. The van der Waals surface area contributed by atoms with Crippen LogP contribution in [0.15, 0.2) is 32.5 Å². The minimum atomic E-state index is -0.267. The molecule has 0 aromatic carbocycles. The predicted octanol–water partition coefficient (Wildman–Crippen LogP) is 4.03. The van der Waals surface area contributed by atoms with Crippen molar-refractivity contribution in [2.75, 3.05) is 18.0 Å². The Kier molecular flexibility index (Phi) is 6.53. The molecule has 2 aromatic heterocycles. The Bertz CT molecular complexity index is 1190. The van der Waals surface area contributed by atoms with Gasteiger partial charge in [0.25, 0.3) is 11.5 Å². The molecule has 166 valence electrons. The number of amides is 1. The lowest BCUT2D eigenvalue weighted by atomic mass is 10.0. The van der Waals surface area contributed by atoms with Gasteiger partial charge in [0.15, 0.2) is 0 Å². The van der Waals surface area contributed by atoms with Crippen molar-refractivity contribution >= 4 is 46.1 Å². The number of pyridine rings is 1. The molecule has 2 fully saturated rings. The van der Waals surface area contributed by atoms with Gasteiger partial charge in [-0.1, -0.05) is 30.9 Å². The Morgan fingerprint density at radius 1 is 1.31 bits per heavy atom. The third kappa shape index (κ3) is 4.00. The molecule has 0 unspecified atom stereocenters. The van der Waals surface area contributed by atoms with Gasteiger partial charge >= 0.3 is 0 Å². The summed E-state index contributed by atoms with van der Waals surface area (Å²) < 4.78 is 7.53. The molecule has 4 rings (SSSR count). The van der Waals surface area contributed by atoms with Crippen molar-refractivity contribution in [2.24, 2.45) is 0 Å². The first-order chi connectivity index (χ1) is 15.5. The number of furan rings is 1. The van der Waals surface area contributed by atoms with Crippen LogP contribution < -0.4 is 10.5 Å². The van der Waals surface area contributed by atoms with E-state index >= 15 is 0 Å². The normalized spacial score (nSPS) is 17.6. The second-order valence-corrected chi connectivity index (χ2v) is 9.52. The smallest absolute Gasteiger partial charge is 0.270 e. The van der Waals surface area contributed by atoms with Crippen molar-refractivity contribution in [1.82, 2.24) is 9.47 Å². The SMILES string of the molecule is CCCn1c(N2CCCC2)c(/C=C2\SC(=S)N(Cc3ccco3)C2=O)c(C)c(C#N)c1=O. The van der Waals surface area contributed by atoms with Crippen LogP contribution >= 0.6 is 24.0 Å². The lowest BCUT2D eigenvalue weighted by molar-refractivity contribution is -0.122. The van der Waals surface area contributed by atoms with Crippen molar-refractivity contribution in [3.63, 3.8) is 0 Å². The van der Waals surface area contributed by atoms with Gasteiger partial charge in [-0.2, -0.15) is 5.26 Å². The largest absolute Gasteiger partial charge is 0.467 e. The first-order valence-electron chi connectivity index (χ1n) is 10.7. The van der Waals surface area contributed by atoms with Gasteiger partial charge in [-0.05, 0) is 50.0 Å². The van der Waals surface area contributed by atoms with Crippen molar-refractivity contribution in [2.45, 2.75) is 46.2 Å². The van der Waals surface area contributed by atoms with E-state index < -0.39 is 0 Å². The maximum Gasteiger partial charge on any atom is 0.270 e. The second kappa shape index (κ2) is 9.35. The van der Waals surface area contributed by atoms with E-state index in [4.69, 9.17) is 16.6 Å². The highest BCUT2D eigenvalue weighted by atomic mass is 32.2. The molecule has 32 heavy (non-hydrogen) atoms. The Labute approximate surface area is 196 Å². The Balaban J connectivity index is 1.83. The van der Waals surface area contributed by atoms with Crippen molar-refractivity contribution in [1.29, 1.82) is 5.26 Å². The number of anilines is 1. The summed E-state index contributed by atoms with van der Waals surface area (Å²) in [4.78, 5) is 30.5. The summed E-state index contributed by atoms with van der Waals surface area (Å²) in [5, 5.41) is 9.70. The molecule has 0 spiro atoms. The number of nitriles is 1. The van der Waals surface area contributed by atoms with E-state index in [0.29, 0.717) is 27.1 Å². The Hall–Kier alpha value is -2.83. The topological polar surface area (TPSA) is 82.5 Å². The fourth-order valence-corrected chi connectivity index (χ4v) is 5.41. The van der Waals surface area contributed by atoms with Crippen LogP contribution in [-0.2, 0) is 17.9 Å². The summed E-state index contributed by atoms with van der Waals surface area (Å²) in [7, 11) is 0. The van der Waals surface area contributed by atoms with E-state index in [0.717, 1.165) is 43.7 Å². The number of hydrogen-bond acceptors (Lipinski definition) is 7. The van der Waals surface area contributed by atoms with E-state index in [9.17, 15) is 14.9 Å². The van der Waals surface area contributed by atoms with Gasteiger partial charge in [0.1, 0.15) is 27.5 Å². The molecule has 7 nitrogen and oxygen atoms in total. The molecular formula is C23H24N4O3S2. The molecular weight excluding hydrogens is 444 g/mol. The van der Waals surface area contributed by atoms with E-state index in [-0.39, 0.29) is 23.6 Å². The number of hydrogen-bond donors (Lipinski definition) is 0. The maximum atomic E-state index is 13.2. The predicted molar refractivity (Wildman–Crippen MR) is 129 cm³/mol. The summed E-state index contributed by atoms with van der Waals surface area (Å²) in [6.45, 7) is 6.26. The quantitative estimate of drug-likeness (QED) is 0.467. The summed E-state index contributed by atoms with van der Waals surface area (Å²) in [5.41, 5.74) is 1.20. The van der Waals surface area contributed by atoms with Gasteiger partial charge in [0.05, 0.1) is 17.7 Å². The standard InChI is InChI=1S/C23H24N4O3S2/c1-3-8-26-20(25-9-4-5-10-25)17(15(2)18(13-24)21(26)28)12-19-22(29)27(23(31)32-19)14-16-7-6-11-30-16/h6-7,11-12H,3-5,8-10,14H2,1-2H3/b19-12-. The third-order valence-corrected chi connectivity index (χ3v) is 7.12. The molecule has 4 heterocycles.